The lowest BCUT2D eigenvalue weighted by Gasteiger charge is -2.22. The molecule has 3 aromatic rings. The highest BCUT2D eigenvalue weighted by atomic mass is 19.1. The van der Waals surface area contributed by atoms with Crippen LogP contribution in [0, 0.1) is 17.1 Å². The number of amides is 3. The molecule has 8 nitrogen and oxygen atoms in total. The molecule has 0 bridgehead atoms. The van der Waals surface area contributed by atoms with Gasteiger partial charge in [0.25, 0.3) is 0 Å². The van der Waals surface area contributed by atoms with Crippen molar-refractivity contribution in [2.24, 2.45) is 0 Å². The van der Waals surface area contributed by atoms with Gasteiger partial charge in [-0.25, -0.2) is 18.7 Å². The average molecular weight is 390 g/mol. The predicted octanol–water partition coefficient (Wildman–Crippen LogP) is 1.93. The summed E-state index contributed by atoms with van der Waals surface area (Å²) in [5.41, 5.74) is 3.12. The summed E-state index contributed by atoms with van der Waals surface area (Å²) in [7, 11) is 0. The average Bonchev–Trinajstić information content (AvgIpc) is 3.36. The summed E-state index contributed by atoms with van der Waals surface area (Å²) in [4.78, 5) is 28.0. The maximum Gasteiger partial charge on any atom is 0.321 e. The van der Waals surface area contributed by atoms with Crippen LogP contribution < -0.4 is 10.6 Å². The second-order valence-electron chi connectivity index (χ2n) is 7.27. The number of benzene rings is 1. The van der Waals surface area contributed by atoms with Gasteiger partial charge < -0.3 is 5.32 Å². The third-order valence-corrected chi connectivity index (χ3v) is 5.51. The van der Waals surface area contributed by atoms with E-state index in [2.05, 4.69) is 20.7 Å². The van der Waals surface area contributed by atoms with E-state index in [1.165, 1.54) is 6.07 Å². The van der Waals surface area contributed by atoms with E-state index in [0.29, 0.717) is 11.3 Å². The van der Waals surface area contributed by atoms with Gasteiger partial charge in [-0.15, -0.1) is 0 Å². The summed E-state index contributed by atoms with van der Waals surface area (Å²) in [5, 5.41) is 18.5. The van der Waals surface area contributed by atoms with Gasteiger partial charge in [-0.05, 0) is 42.0 Å². The molecule has 2 aromatic heterocycles. The first-order valence-corrected chi connectivity index (χ1v) is 9.17. The molecule has 1 saturated heterocycles. The number of urea groups is 1. The summed E-state index contributed by atoms with van der Waals surface area (Å²) in [5.74, 6) is -1.25. The first-order chi connectivity index (χ1) is 14.0. The minimum atomic E-state index is -0.591. The second kappa shape index (κ2) is 6.38. The molecule has 5 rings (SSSR count). The number of imidazole rings is 1. The van der Waals surface area contributed by atoms with Crippen LogP contribution in [0.15, 0.2) is 36.7 Å². The van der Waals surface area contributed by atoms with E-state index in [9.17, 15) is 14.0 Å². The van der Waals surface area contributed by atoms with E-state index < -0.39 is 23.7 Å². The lowest BCUT2D eigenvalue weighted by atomic mass is 9.98. The Morgan fingerprint density at radius 1 is 1.24 bits per heavy atom. The fourth-order valence-corrected chi connectivity index (χ4v) is 3.94. The fourth-order valence-electron chi connectivity index (χ4n) is 3.94. The maximum absolute atomic E-state index is 13.7. The van der Waals surface area contributed by atoms with Gasteiger partial charge in [0, 0.05) is 24.5 Å². The van der Waals surface area contributed by atoms with Gasteiger partial charge in [0.15, 0.2) is 5.65 Å². The molecule has 3 atom stereocenters. The molecule has 1 aliphatic heterocycles. The maximum atomic E-state index is 13.7. The van der Waals surface area contributed by atoms with E-state index in [0.717, 1.165) is 17.5 Å². The summed E-state index contributed by atoms with van der Waals surface area (Å²) in [6, 6.07) is 7.85. The summed E-state index contributed by atoms with van der Waals surface area (Å²) in [6.45, 7) is 0.175. The van der Waals surface area contributed by atoms with Crippen molar-refractivity contribution in [1.29, 1.82) is 5.26 Å². The zero-order valence-corrected chi connectivity index (χ0v) is 15.1. The minimum Gasteiger partial charge on any atom is -0.337 e. The third kappa shape index (κ3) is 2.89. The van der Waals surface area contributed by atoms with E-state index >= 15 is 0 Å². The molecule has 1 saturated carbocycles. The number of nitrogens with zero attached hydrogens (tertiary/aromatic N) is 4. The number of imide groups is 1. The lowest BCUT2D eigenvalue weighted by Crippen LogP contribution is -2.51. The van der Waals surface area contributed by atoms with Gasteiger partial charge >= 0.3 is 6.03 Å². The highest BCUT2D eigenvalue weighted by Gasteiger charge is 2.42. The molecule has 2 fully saturated rings. The molecule has 1 aromatic carbocycles. The largest absolute Gasteiger partial charge is 0.337 e. The molecular formula is C20H15FN6O2. The molecule has 144 valence electrons. The molecular weight excluding hydrogens is 375 g/mol. The monoisotopic (exact) mass is 390 g/mol. The number of nitrogens with one attached hydrogen (secondary N) is 2. The van der Waals surface area contributed by atoms with Crippen LogP contribution in [-0.2, 0) is 4.79 Å². The molecule has 2 aliphatic rings. The second-order valence-corrected chi connectivity index (χ2v) is 7.27. The smallest absolute Gasteiger partial charge is 0.321 e. The predicted molar refractivity (Wildman–Crippen MR) is 98.5 cm³/mol. The van der Waals surface area contributed by atoms with Crippen LogP contribution in [0.2, 0.25) is 0 Å². The Kier molecular flexibility index (Phi) is 3.81. The molecule has 1 unspecified atom stereocenters. The highest BCUT2D eigenvalue weighted by Crippen LogP contribution is 2.55. The van der Waals surface area contributed by atoms with E-state index in [1.807, 2.05) is 12.1 Å². The number of carbonyl (C=O) groups is 2. The highest BCUT2D eigenvalue weighted by molar-refractivity contribution is 6.00. The van der Waals surface area contributed by atoms with Crippen LogP contribution >= 0.6 is 0 Å². The summed E-state index contributed by atoms with van der Waals surface area (Å²) >= 11 is 0. The SMILES string of the molecule is N#Cc1cc([C@H]2C[C@@H]2c2cc(C3CNC(=O)NC3=O)nn3ccnc23)ccc1F. The van der Waals surface area contributed by atoms with Gasteiger partial charge in [0.05, 0.1) is 17.2 Å². The number of aromatic nitrogens is 3. The van der Waals surface area contributed by atoms with Crippen molar-refractivity contribution in [3.63, 3.8) is 0 Å². The van der Waals surface area contributed by atoms with Crippen LogP contribution in [-0.4, -0.2) is 33.1 Å². The first kappa shape index (κ1) is 17.3. The molecule has 0 spiro atoms. The first-order valence-electron chi connectivity index (χ1n) is 9.17. The standard InChI is InChI=1S/C20H15FN6O2/c21-16-2-1-10(5-11(16)8-22)12-6-13(12)14-7-17(26-27-4-3-23-18(14)27)15-9-24-20(29)25-19(15)28/h1-5,7,12-13,15H,6,9H2,(H2,24,25,28,29)/t12-,13+,15?/m1/s1. The Balaban J connectivity index is 1.51. The molecule has 1 aliphatic carbocycles. The molecule has 9 heteroatoms. The number of halogens is 1. The van der Waals surface area contributed by atoms with Crippen molar-refractivity contribution in [3.05, 3.63) is 64.9 Å². The van der Waals surface area contributed by atoms with Gasteiger partial charge in [-0.1, -0.05) is 6.07 Å². The Hall–Kier alpha value is -3.80. The molecule has 29 heavy (non-hydrogen) atoms. The van der Waals surface area contributed by atoms with Crippen LogP contribution in [0.25, 0.3) is 5.65 Å². The van der Waals surface area contributed by atoms with E-state index in [1.54, 1.807) is 29.0 Å². The fraction of sp³-hybridized carbons (Fsp3) is 0.250. The van der Waals surface area contributed by atoms with Crippen LogP contribution in [0.3, 0.4) is 0 Å². The van der Waals surface area contributed by atoms with Gasteiger partial charge in [0.1, 0.15) is 11.9 Å². The van der Waals surface area contributed by atoms with Crippen LogP contribution in [0.1, 0.15) is 46.6 Å². The molecule has 3 amide bonds. The topological polar surface area (TPSA) is 112 Å². The van der Waals surface area contributed by atoms with Crippen LogP contribution in [0.5, 0.6) is 0 Å². The Morgan fingerprint density at radius 2 is 2.10 bits per heavy atom. The van der Waals surface area contributed by atoms with Gasteiger partial charge in [-0.3, -0.25) is 10.1 Å². The van der Waals surface area contributed by atoms with Crippen molar-refractivity contribution < 1.29 is 14.0 Å². The van der Waals surface area contributed by atoms with E-state index in [4.69, 9.17) is 5.26 Å². The van der Waals surface area contributed by atoms with E-state index in [-0.39, 0.29) is 23.9 Å². The van der Waals surface area contributed by atoms with Crippen LogP contribution in [0.4, 0.5) is 9.18 Å². The van der Waals surface area contributed by atoms with Crippen molar-refractivity contribution in [3.8, 4) is 6.07 Å². The number of hydrogen-bond donors (Lipinski definition) is 2. The minimum absolute atomic E-state index is 0.0316. The van der Waals surface area contributed by atoms with Crippen molar-refractivity contribution in [2.75, 3.05) is 6.54 Å². The number of rotatable bonds is 3. The summed E-state index contributed by atoms with van der Waals surface area (Å²) < 4.78 is 15.3. The number of fused-ring (bicyclic) bond motifs is 1. The Bertz CT molecular complexity index is 1210. The zero-order chi connectivity index (χ0) is 20.1. The molecule has 3 heterocycles. The van der Waals surface area contributed by atoms with Crippen molar-refractivity contribution in [2.45, 2.75) is 24.2 Å². The Morgan fingerprint density at radius 3 is 2.90 bits per heavy atom. The number of hydrogen-bond acceptors (Lipinski definition) is 5. The summed E-state index contributed by atoms with van der Waals surface area (Å²) in [6.07, 6.45) is 4.18. The zero-order valence-electron chi connectivity index (χ0n) is 15.1. The van der Waals surface area contributed by atoms with Gasteiger partial charge in [0.2, 0.25) is 5.91 Å². The Labute approximate surface area is 164 Å². The molecule has 0 radical (unpaired) electrons. The van der Waals surface area contributed by atoms with Gasteiger partial charge in [-0.2, -0.15) is 10.4 Å². The number of carbonyl (C=O) groups excluding carboxylic acids is 2. The number of nitriles is 1. The third-order valence-electron chi connectivity index (χ3n) is 5.51. The molecule has 2 N–H and O–H groups in total. The quantitative estimate of drug-likeness (QED) is 0.710. The normalized spacial score (nSPS) is 23.4. The van der Waals surface area contributed by atoms with Crippen molar-refractivity contribution in [1.82, 2.24) is 25.2 Å². The lowest BCUT2D eigenvalue weighted by molar-refractivity contribution is -0.122. The van der Waals surface area contributed by atoms with Crippen molar-refractivity contribution >= 4 is 17.6 Å².